The summed E-state index contributed by atoms with van der Waals surface area (Å²) in [5.41, 5.74) is 11.7. The van der Waals surface area contributed by atoms with E-state index < -0.39 is 0 Å². The fourth-order valence-corrected chi connectivity index (χ4v) is 1.66. The number of rotatable bonds is 4. The molecule has 14 heavy (non-hydrogen) atoms. The van der Waals surface area contributed by atoms with Gasteiger partial charge < -0.3 is 11.5 Å². The summed E-state index contributed by atoms with van der Waals surface area (Å²) >= 11 is 3.49. The van der Waals surface area contributed by atoms with Crippen LogP contribution in [0.5, 0.6) is 0 Å². The highest BCUT2D eigenvalue weighted by Crippen LogP contribution is 2.17. The molecule has 0 saturated carbocycles. The first-order valence-electron chi connectivity index (χ1n) is 4.49. The number of nitrogens with two attached hydrogens (primary N) is 2. The van der Waals surface area contributed by atoms with Crippen LogP contribution in [0, 0.1) is 0 Å². The van der Waals surface area contributed by atoms with Gasteiger partial charge in [-0.05, 0) is 24.5 Å². The molecule has 0 amide bonds. The van der Waals surface area contributed by atoms with Gasteiger partial charge in [0.05, 0.1) is 0 Å². The van der Waals surface area contributed by atoms with Gasteiger partial charge >= 0.3 is 0 Å². The number of guanidine groups is 1. The zero-order chi connectivity index (χ0) is 10.4. The molecule has 0 heterocycles. The van der Waals surface area contributed by atoms with Gasteiger partial charge in [0.1, 0.15) is 0 Å². The number of aryl methyl sites for hydroxylation is 1. The highest BCUT2D eigenvalue weighted by Gasteiger charge is 1.97. The predicted octanol–water partition coefficient (Wildman–Crippen LogP) is 1.66. The van der Waals surface area contributed by atoms with E-state index in [1.54, 1.807) is 0 Å². The van der Waals surface area contributed by atoms with Crippen molar-refractivity contribution in [1.82, 2.24) is 0 Å². The smallest absolute Gasteiger partial charge is 0.185 e. The average Bonchev–Trinajstić information content (AvgIpc) is 2.15. The Bertz CT molecular complexity index is 319. The third-order valence-electron chi connectivity index (χ3n) is 1.86. The van der Waals surface area contributed by atoms with Crippen molar-refractivity contribution in [3.8, 4) is 0 Å². The minimum atomic E-state index is 0.164. The molecule has 0 fully saturated rings. The van der Waals surface area contributed by atoms with Crippen LogP contribution in [0.15, 0.2) is 33.7 Å². The molecule has 0 atom stereocenters. The Balaban J connectivity index is 2.39. The van der Waals surface area contributed by atoms with E-state index in [9.17, 15) is 0 Å². The Morgan fingerprint density at radius 1 is 1.29 bits per heavy atom. The zero-order valence-corrected chi connectivity index (χ0v) is 9.50. The molecule has 0 saturated heterocycles. The second kappa shape index (κ2) is 5.65. The first-order valence-corrected chi connectivity index (χ1v) is 5.28. The fraction of sp³-hybridized carbons (Fsp3) is 0.300. The third-order valence-corrected chi connectivity index (χ3v) is 2.63. The lowest BCUT2D eigenvalue weighted by molar-refractivity contribution is 0.828. The molecular weight excluding hydrogens is 242 g/mol. The van der Waals surface area contributed by atoms with Gasteiger partial charge in [-0.1, -0.05) is 34.1 Å². The Kier molecular flexibility index (Phi) is 4.46. The predicted molar refractivity (Wildman–Crippen MR) is 63.1 cm³/mol. The lowest BCUT2D eigenvalue weighted by Gasteiger charge is -2.02. The summed E-state index contributed by atoms with van der Waals surface area (Å²) in [6, 6.07) is 8.17. The van der Waals surface area contributed by atoms with Crippen molar-refractivity contribution in [2.45, 2.75) is 12.8 Å². The minimum Gasteiger partial charge on any atom is -0.370 e. The molecule has 1 aromatic carbocycles. The minimum absolute atomic E-state index is 0.164. The van der Waals surface area contributed by atoms with Crippen molar-refractivity contribution in [2.24, 2.45) is 16.5 Å². The fourth-order valence-electron chi connectivity index (χ4n) is 1.18. The van der Waals surface area contributed by atoms with Gasteiger partial charge in [0.15, 0.2) is 5.96 Å². The molecule has 3 nitrogen and oxygen atoms in total. The molecule has 0 aromatic heterocycles. The summed E-state index contributed by atoms with van der Waals surface area (Å²) in [6.07, 6.45) is 1.94. The van der Waals surface area contributed by atoms with Crippen LogP contribution in [-0.2, 0) is 6.42 Å². The molecule has 0 aliphatic rings. The Morgan fingerprint density at radius 3 is 2.64 bits per heavy atom. The molecule has 0 unspecified atom stereocenters. The highest BCUT2D eigenvalue weighted by atomic mass is 79.9. The topological polar surface area (TPSA) is 64.4 Å². The molecule has 1 aromatic rings. The lowest BCUT2D eigenvalue weighted by Crippen LogP contribution is -2.23. The van der Waals surface area contributed by atoms with E-state index in [0.29, 0.717) is 6.54 Å². The molecule has 4 heteroatoms. The second-order valence-corrected chi connectivity index (χ2v) is 3.86. The van der Waals surface area contributed by atoms with E-state index >= 15 is 0 Å². The number of halogens is 1. The van der Waals surface area contributed by atoms with Crippen molar-refractivity contribution in [1.29, 1.82) is 0 Å². The number of nitrogens with zero attached hydrogens (tertiary/aromatic N) is 1. The molecule has 0 aliphatic heterocycles. The maximum absolute atomic E-state index is 5.22. The Hall–Kier alpha value is -1.03. The van der Waals surface area contributed by atoms with Gasteiger partial charge in [-0.15, -0.1) is 0 Å². The van der Waals surface area contributed by atoms with Crippen LogP contribution in [0.4, 0.5) is 0 Å². The number of benzene rings is 1. The lowest BCUT2D eigenvalue weighted by atomic mass is 10.1. The summed E-state index contributed by atoms with van der Waals surface area (Å²) in [5.74, 6) is 0.164. The van der Waals surface area contributed by atoms with Gasteiger partial charge in [0, 0.05) is 11.0 Å². The Labute approximate surface area is 92.3 Å². The van der Waals surface area contributed by atoms with Gasteiger partial charge in [0.25, 0.3) is 0 Å². The molecule has 1 rings (SSSR count). The molecule has 0 aliphatic carbocycles. The van der Waals surface area contributed by atoms with Gasteiger partial charge in [-0.2, -0.15) is 0 Å². The van der Waals surface area contributed by atoms with Crippen LogP contribution in [-0.4, -0.2) is 12.5 Å². The monoisotopic (exact) mass is 255 g/mol. The van der Waals surface area contributed by atoms with Crippen LogP contribution in [0.25, 0.3) is 0 Å². The first-order chi connectivity index (χ1) is 6.70. The van der Waals surface area contributed by atoms with Gasteiger partial charge in [0.2, 0.25) is 0 Å². The van der Waals surface area contributed by atoms with Crippen LogP contribution in [0.2, 0.25) is 0 Å². The maximum Gasteiger partial charge on any atom is 0.185 e. The number of aliphatic imine (C=N–C) groups is 1. The van der Waals surface area contributed by atoms with Gasteiger partial charge in [-0.3, -0.25) is 4.99 Å². The van der Waals surface area contributed by atoms with Crippen molar-refractivity contribution < 1.29 is 0 Å². The third kappa shape index (κ3) is 3.79. The molecule has 0 spiro atoms. The molecule has 0 radical (unpaired) electrons. The standard InChI is InChI=1S/C10H14BrN3/c11-9-6-2-1-4-8(9)5-3-7-14-10(12)13/h1-2,4,6H,3,5,7H2,(H4,12,13,14). The summed E-state index contributed by atoms with van der Waals surface area (Å²) in [5, 5.41) is 0. The van der Waals surface area contributed by atoms with E-state index in [0.717, 1.165) is 17.3 Å². The normalized spacial score (nSPS) is 9.79. The van der Waals surface area contributed by atoms with Crippen LogP contribution in [0.3, 0.4) is 0 Å². The van der Waals surface area contributed by atoms with E-state index in [-0.39, 0.29) is 5.96 Å². The molecule has 0 bridgehead atoms. The van der Waals surface area contributed by atoms with E-state index in [2.05, 4.69) is 27.0 Å². The molecular formula is C10H14BrN3. The highest BCUT2D eigenvalue weighted by molar-refractivity contribution is 9.10. The average molecular weight is 256 g/mol. The number of hydrogen-bond acceptors (Lipinski definition) is 1. The van der Waals surface area contributed by atoms with E-state index in [1.807, 2.05) is 18.2 Å². The second-order valence-electron chi connectivity index (χ2n) is 3.00. The van der Waals surface area contributed by atoms with Crippen LogP contribution in [0.1, 0.15) is 12.0 Å². The Morgan fingerprint density at radius 2 is 2.00 bits per heavy atom. The van der Waals surface area contributed by atoms with Crippen molar-refractivity contribution in [3.63, 3.8) is 0 Å². The van der Waals surface area contributed by atoms with Gasteiger partial charge in [-0.25, -0.2) is 0 Å². The van der Waals surface area contributed by atoms with E-state index in [1.165, 1.54) is 5.56 Å². The maximum atomic E-state index is 5.22. The van der Waals surface area contributed by atoms with Crippen LogP contribution < -0.4 is 11.5 Å². The SMILES string of the molecule is NC(N)=NCCCc1ccccc1Br. The van der Waals surface area contributed by atoms with Crippen molar-refractivity contribution >= 4 is 21.9 Å². The largest absolute Gasteiger partial charge is 0.370 e. The van der Waals surface area contributed by atoms with Crippen molar-refractivity contribution in [2.75, 3.05) is 6.54 Å². The number of hydrogen-bond donors (Lipinski definition) is 2. The molecule has 4 N–H and O–H groups in total. The first kappa shape index (κ1) is 11.0. The van der Waals surface area contributed by atoms with E-state index in [4.69, 9.17) is 11.5 Å². The summed E-state index contributed by atoms with van der Waals surface area (Å²) < 4.78 is 1.14. The molecule has 76 valence electrons. The van der Waals surface area contributed by atoms with Crippen molar-refractivity contribution in [3.05, 3.63) is 34.3 Å². The zero-order valence-electron chi connectivity index (χ0n) is 7.91. The quantitative estimate of drug-likeness (QED) is 0.488. The summed E-state index contributed by atoms with van der Waals surface area (Å²) in [4.78, 5) is 3.93. The summed E-state index contributed by atoms with van der Waals surface area (Å²) in [7, 11) is 0. The summed E-state index contributed by atoms with van der Waals surface area (Å²) in [6.45, 7) is 0.684. The van der Waals surface area contributed by atoms with Crippen LogP contribution >= 0.6 is 15.9 Å².